The number of thiophene rings is 1. The average molecular weight is 485 g/mol. The molecule has 0 atom stereocenters. The molecule has 4 aromatic rings. The van der Waals surface area contributed by atoms with Crippen molar-refractivity contribution in [2.24, 2.45) is 23.7 Å². The van der Waals surface area contributed by atoms with E-state index in [1.165, 1.54) is 10.1 Å². The molecule has 0 aliphatic rings. The Morgan fingerprint density at radius 2 is 0.912 bits per heavy atom. The predicted molar refractivity (Wildman–Crippen MR) is 160 cm³/mol. The molecule has 0 bridgehead atoms. The number of fused-ring (bicyclic) bond motifs is 2. The first-order valence-corrected chi connectivity index (χ1v) is 13.6. The van der Waals surface area contributed by atoms with Crippen LogP contribution in [0.15, 0.2) is 76.7 Å². The van der Waals surface area contributed by atoms with Gasteiger partial charge < -0.3 is 4.42 Å². The van der Waals surface area contributed by atoms with Gasteiger partial charge >= 0.3 is 0 Å². The highest BCUT2D eigenvalue weighted by Crippen LogP contribution is 2.18. The first kappa shape index (κ1) is 34.1. The Hall–Kier alpha value is -2.06. The van der Waals surface area contributed by atoms with Gasteiger partial charge in [0.15, 0.2) is 0 Å². The first-order valence-electron chi connectivity index (χ1n) is 12.7. The quantitative estimate of drug-likeness (QED) is 0.242. The summed E-state index contributed by atoms with van der Waals surface area (Å²) in [7, 11) is 0. The molecule has 0 spiro atoms. The van der Waals surface area contributed by atoms with Crippen LogP contribution in [0, 0.1) is 23.7 Å². The fourth-order valence-electron chi connectivity index (χ4n) is 1.81. The maximum Gasteiger partial charge on any atom is 0.133 e. The van der Waals surface area contributed by atoms with Gasteiger partial charge in [0.25, 0.3) is 0 Å². The lowest BCUT2D eigenvalue weighted by molar-refractivity contribution is 0.616. The molecule has 2 aromatic carbocycles. The van der Waals surface area contributed by atoms with E-state index in [0.29, 0.717) is 0 Å². The Bertz CT molecular complexity index is 767. The molecule has 2 aromatic heterocycles. The normalized spacial score (nSPS) is 9.65. The van der Waals surface area contributed by atoms with Crippen LogP contribution < -0.4 is 0 Å². The molecule has 1 nitrogen and oxygen atoms in total. The molecule has 0 amide bonds. The van der Waals surface area contributed by atoms with Gasteiger partial charge in [-0.1, -0.05) is 119 Å². The Morgan fingerprint density at radius 3 is 1.35 bits per heavy atom. The van der Waals surface area contributed by atoms with Crippen LogP contribution in [0.3, 0.4) is 0 Å². The molecule has 0 fully saturated rings. The number of hydrogen-bond donors (Lipinski definition) is 0. The van der Waals surface area contributed by atoms with Gasteiger partial charge in [-0.3, -0.25) is 0 Å². The van der Waals surface area contributed by atoms with Gasteiger partial charge in [-0.15, -0.1) is 11.3 Å². The van der Waals surface area contributed by atoms with Crippen molar-refractivity contribution in [2.75, 3.05) is 0 Å². The molecular weight excluding hydrogens is 432 g/mol. The molecular formula is C32H52OS. The van der Waals surface area contributed by atoms with Gasteiger partial charge in [0.2, 0.25) is 0 Å². The summed E-state index contributed by atoms with van der Waals surface area (Å²) in [4.78, 5) is 0. The zero-order valence-electron chi connectivity index (χ0n) is 24.1. The number of rotatable bonds is 0. The second kappa shape index (κ2) is 21.5. The van der Waals surface area contributed by atoms with Crippen molar-refractivity contribution in [2.45, 2.75) is 83.1 Å². The van der Waals surface area contributed by atoms with Crippen LogP contribution in [-0.2, 0) is 0 Å². The molecule has 192 valence electrons. The first-order chi connectivity index (χ1) is 15.9. The molecule has 0 radical (unpaired) electrons. The van der Waals surface area contributed by atoms with Crippen molar-refractivity contribution in [1.29, 1.82) is 0 Å². The highest BCUT2D eigenvalue weighted by atomic mass is 32.1. The fourth-order valence-corrected chi connectivity index (χ4v) is 2.60. The molecule has 0 aliphatic carbocycles. The Morgan fingerprint density at radius 1 is 0.500 bits per heavy atom. The smallest absolute Gasteiger partial charge is 0.133 e. The van der Waals surface area contributed by atoms with Gasteiger partial charge in [0.05, 0.1) is 6.26 Å². The summed E-state index contributed by atoms with van der Waals surface area (Å²) in [6, 6.07) is 20.4. The van der Waals surface area contributed by atoms with E-state index in [1.54, 1.807) is 17.6 Å². The second-order valence-corrected chi connectivity index (χ2v) is 11.8. The van der Waals surface area contributed by atoms with Gasteiger partial charge in [-0.2, -0.15) is 0 Å². The van der Waals surface area contributed by atoms with Gasteiger partial charge in [0.1, 0.15) is 5.58 Å². The van der Waals surface area contributed by atoms with Crippen LogP contribution in [0.25, 0.3) is 21.1 Å². The summed E-state index contributed by atoms with van der Waals surface area (Å²) in [5.74, 6) is 3.33. The van der Waals surface area contributed by atoms with Crippen molar-refractivity contribution >= 4 is 32.4 Å². The number of para-hydroxylation sites is 1. The standard InChI is InChI=1S/C8H6O.C8H6S.4C4H10/c2*1-2-4-8-7(3-1)5-6-9-8;4*1-4(2)3/h2*1-6H;4*4H,1-3H3. The highest BCUT2D eigenvalue weighted by molar-refractivity contribution is 7.17. The van der Waals surface area contributed by atoms with E-state index >= 15 is 0 Å². The zero-order chi connectivity index (χ0) is 26.5. The lowest BCUT2D eigenvalue weighted by atomic mass is 10.3. The summed E-state index contributed by atoms with van der Waals surface area (Å²) in [6.45, 7) is 26.0. The SMILES string of the molecule is CC(C)C.CC(C)C.CC(C)C.CC(C)C.c1ccc2occc2c1.c1ccc2sccc2c1. The maximum absolute atomic E-state index is 5.12. The van der Waals surface area contributed by atoms with Gasteiger partial charge in [-0.25, -0.2) is 0 Å². The third kappa shape index (κ3) is 24.6. The summed E-state index contributed by atoms with van der Waals surface area (Å²) < 4.78 is 6.49. The molecule has 0 N–H and O–H groups in total. The topological polar surface area (TPSA) is 13.1 Å². The maximum atomic E-state index is 5.12. The molecule has 0 aliphatic heterocycles. The van der Waals surface area contributed by atoms with E-state index < -0.39 is 0 Å². The number of benzene rings is 2. The van der Waals surface area contributed by atoms with Crippen LogP contribution in [0.4, 0.5) is 0 Å². The van der Waals surface area contributed by atoms with Crippen LogP contribution >= 0.6 is 11.3 Å². The van der Waals surface area contributed by atoms with E-state index in [1.807, 2.05) is 30.3 Å². The van der Waals surface area contributed by atoms with Crippen molar-refractivity contribution < 1.29 is 4.42 Å². The van der Waals surface area contributed by atoms with Crippen LogP contribution in [0.5, 0.6) is 0 Å². The third-order valence-corrected chi connectivity index (χ3v) is 3.62. The third-order valence-electron chi connectivity index (χ3n) is 2.72. The van der Waals surface area contributed by atoms with E-state index in [9.17, 15) is 0 Å². The van der Waals surface area contributed by atoms with Gasteiger partial charge in [-0.05, 0) is 58.7 Å². The molecule has 0 unspecified atom stereocenters. The van der Waals surface area contributed by atoms with E-state index in [4.69, 9.17) is 4.42 Å². The number of furan rings is 1. The van der Waals surface area contributed by atoms with E-state index in [0.717, 1.165) is 34.6 Å². The molecule has 2 heteroatoms. The number of hydrogen-bond acceptors (Lipinski definition) is 2. The van der Waals surface area contributed by atoms with E-state index in [-0.39, 0.29) is 0 Å². The summed E-state index contributed by atoms with van der Waals surface area (Å²) in [5, 5.41) is 4.63. The minimum absolute atomic E-state index is 0.833. The minimum Gasteiger partial charge on any atom is -0.464 e. The Labute approximate surface area is 215 Å². The summed E-state index contributed by atoms with van der Waals surface area (Å²) in [6.07, 6.45) is 1.70. The monoisotopic (exact) mass is 484 g/mol. The van der Waals surface area contributed by atoms with Crippen molar-refractivity contribution in [3.05, 3.63) is 72.3 Å². The Balaban J connectivity index is 0. The molecule has 2 heterocycles. The van der Waals surface area contributed by atoms with Crippen molar-refractivity contribution in [3.8, 4) is 0 Å². The van der Waals surface area contributed by atoms with Crippen molar-refractivity contribution in [3.63, 3.8) is 0 Å². The fraction of sp³-hybridized carbons (Fsp3) is 0.500. The lowest BCUT2D eigenvalue weighted by Gasteiger charge is -1.82. The molecule has 0 saturated heterocycles. The largest absolute Gasteiger partial charge is 0.464 e. The molecule has 4 rings (SSSR count). The highest BCUT2D eigenvalue weighted by Gasteiger charge is 1.89. The summed E-state index contributed by atoms with van der Waals surface area (Å²) in [5.41, 5.74) is 0.956. The summed E-state index contributed by atoms with van der Waals surface area (Å²) >= 11 is 1.79. The predicted octanol–water partition coefficient (Wildman–Crippen LogP) is 12.0. The van der Waals surface area contributed by atoms with Crippen LogP contribution in [-0.4, -0.2) is 0 Å². The van der Waals surface area contributed by atoms with Crippen molar-refractivity contribution in [1.82, 2.24) is 0 Å². The average Bonchev–Trinajstić information content (AvgIpc) is 3.36. The molecule has 0 saturated carbocycles. The van der Waals surface area contributed by atoms with Gasteiger partial charge in [0, 0.05) is 10.1 Å². The lowest BCUT2D eigenvalue weighted by Crippen LogP contribution is -1.66. The Kier molecular flexibility index (Phi) is 21.5. The van der Waals surface area contributed by atoms with Crippen LogP contribution in [0.2, 0.25) is 0 Å². The second-order valence-electron chi connectivity index (χ2n) is 10.8. The minimum atomic E-state index is 0.833. The zero-order valence-corrected chi connectivity index (χ0v) is 24.9. The molecule has 34 heavy (non-hydrogen) atoms. The van der Waals surface area contributed by atoms with Crippen LogP contribution in [0.1, 0.15) is 83.1 Å². The van der Waals surface area contributed by atoms with E-state index in [2.05, 4.69) is 119 Å².